The lowest BCUT2D eigenvalue weighted by Crippen LogP contribution is -2.39. The number of halogens is 2. The van der Waals surface area contributed by atoms with E-state index >= 15 is 0 Å². The second-order valence-electron chi connectivity index (χ2n) is 10.4. The Kier molecular flexibility index (Phi) is 7.77. The van der Waals surface area contributed by atoms with Gasteiger partial charge in [-0.05, 0) is 84.1 Å². The van der Waals surface area contributed by atoms with Gasteiger partial charge in [0.05, 0.1) is 5.52 Å². The van der Waals surface area contributed by atoms with E-state index in [1.165, 1.54) is 0 Å². The summed E-state index contributed by atoms with van der Waals surface area (Å²) in [4.78, 5) is 23.1. The van der Waals surface area contributed by atoms with Gasteiger partial charge in [-0.25, -0.2) is 9.97 Å². The average Bonchev–Trinajstić information content (AvgIpc) is 3.00. The maximum Gasteiger partial charge on any atom is 0.248 e. The summed E-state index contributed by atoms with van der Waals surface area (Å²) in [5, 5.41) is 6.09. The molecular formula is C33H29Cl2N5O. The molecule has 0 radical (unpaired) electrons. The number of hydrogen-bond acceptors (Lipinski definition) is 5. The van der Waals surface area contributed by atoms with Crippen LogP contribution in [0.5, 0.6) is 0 Å². The van der Waals surface area contributed by atoms with Crippen LogP contribution in [0, 0.1) is 0 Å². The predicted octanol–water partition coefficient (Wildman–Crippen LogP) is 7.30. The minimum absolute atomic E-state index is 0.0126. The summed E-state index contributed by atoms with van der Waals surface area (Å²) in [7, 11) is 0. The van der Waals surface area contributed by atoms with Crippen LogP contribution in [0.4, 0.5) is 11.5 Å². The van der Waals surface area contributed by atoms with Gasteiger partial charge in [0, 0.05) is 51.7 Å². The third kappa shape index (κ3) is 5.99. The molecule has 0 saturated carbocycles. The molecule has 6 rings (SSSR count). The van der Waals surface area contributed by atoms with Crippen molar-refractivity contribution in [1.82, 2.24) is 9.97 Å². The number of piperidine rings is 1. The quantitative estimate of drug-likeness (QED) is 0.197. The Morgan fingerprint density at radius 1 is 0.829 bits per heavy atom. The summed E-state index contributed by atoms with van der Waals surface area (Å²) in [5.74, 6) is 0.408. The van der Waals surface area contributed by atoms with E-state index in [2.05, 4.69) is 62.6 Å². The Morgan fingerprint density at radius 3 is 2.10 bits per heavy atom. The molecule has 0 unspecified atom stereocenters. The molecule has 5 aromatic rings. The number of nitrogens with zero attached hydrogens (tertiary/aromatic N) is 3. The van der Waals surface area contributed by atoms with Crippen LogP contribution >= 0.6 is 23.2 Å². The minimum atomic E-state index is -0.409. The van der Waals surface area contributed by atoms with Crippen molar-refractivity contribution in [2.45, 2.75) is 24.8 Å². The summed E-state index contributed by atoms with van der Waals surface area (Å²) in [6, 6.07) is 30.1. The molecule has 206 valence electrons. The zero-order valence-corrected chi connectivity index (χ0v) is 23.8. The number of aromatic nitrogens is 2. The lowest BCUT2D eigenvalue weighted by molar-refractivity contribution is 0.100. The van der Waals surface area contributed by atoms with Gasteiger partial charge in [0.1, 0.15) is 12.1 Å². The van der Waals surface area contributed by atoms with Crippen molar-refractivity contribution in [1.29, 1.82) is 0 Å². The molecule has 1 aliphatic rings. The second-order valence-corrected chi connectivity index (χ2v) is 11.2. The molecule has 2 heterocycles. The highest BCUT2D eigenvalue weighted by molar-refractivity contribution is 6.30. The lowest BCUT2D eigenvalue weighted by atomic mass is 9.84. The van der Waals surface area contributed by atoms with Gasteiger partial charge in [-0.1, -0.05) is 59.6 Å². The van der Waals surface area contributed by atoms with Crippen molar-refractivity contribution in [2.75, 3.05) is 23.3 Å². The number of primary amides is 1. The lowest BCUT2D eigenvalue weighted by Gasteiger charge is -2.34. The van der Waals surface area contributed by atoms with Crippen LogP contribution in [-0.4, -0.2) is 35.0 Å². The van der Waals surface area contributed by atoms with Crippen molar-refractivity contribution in [3.63, 3.8) is 0 Å². The number of benzene rings is 4. The first kappa shape index (κ1) is 27.1. The van der Waals surface area contributed by atoms with Crippen molar-refractivity contribution in [3.05, 3.63) is 130 Å². The van der Waals surface area contributed by atoms with Crippen molar-refractivity contribution >= 4 is 51.5 Å². The fourth-order valence-corrected chi connectivity index (χ4v) is 5.84. The molecule has 1 amide bonds. The number of carbonyl (C=O) groups is 1. The van der Waals surface area contributed by atoms with Gasteiger partial charge in [0.2, 0.25) is 5.91 Å². The topological polar surface area (TPSA) is 84.1 Å². The molecule has 0 aliphatic carbocycles. The van der Waals surface area contributed by atoms with Gasteiger partial charge in [-0.2, -0.15) is 0 Å². The van der Waals surface area contributed by atoms with E-state index in [0.29, 0.717) is 15.6 Å². The summed E-state index contributed by atoms with van der Waals surface area (Å²) in [5.41, 5.74) is 11.3. The first-order valence-electron chi connectivity index (χ1n) is 13.6. The van der Waals surface area contributed by atoms with E-state index in [0.717, 1.165) is 65.0 Å². The van der Waals surface area contributed by atoms with E-state index in [9.17, 15) is 4.79 Å². The molecule has 0 atom stereocenters. The van der Waals surface area contributed by atoms with Crippen LogP contribution in [0.3, 0.4) is 0 Å². The fraction of sp³-hybridized carbons (Fsp3) is 0.182. The Bertz CT molecular complexity index is 1640. The molecule has 1 aliphatic heterocycles. The average molecular weight is 583 g/mol. The number of hydrogen-bond donors (Lipinski definition) is 2. The molecular weight excluding hydrogens is 553 g/mol. The first-order chi connectivity index (χ1) is 19.9. The number of nitrogens with one attached hydrogen (secondary N) is 1. The smallest absolute Gasteiger partial charge is 0.248 e. The van der Waals surface area contributed by atoms with Gasteiger partial charge in [-0.15, -0.1) is 0 Å². The Morgan fingerprint density at radius 2 is 1.46 bits per heavy atom. The first-order valence-corrected chi connectivity index (χ1v) is 14.4. The summed E-state index contributed by atoms with van der Waals surface area (Å²) >= 11 is 12.4. The third-order valence-electron chi connectivity index (χ3n) is 7.73. The van der Waals surface area contributed by atoms with Crippen molar-refractivity contribution < 1.29 is 4.79 Å². The van der Waals surface area contributed by atoms with Crippen LogP contribution in [0.1, 0.15) is 45.8 Å². The van der Waals surface area contributed by atoms with Gasteiger partial charge < -0.3 is 16.0 Å². The SMILES string of the molecule is NC(=O)c1cccc(N2CCC(Nc3ncnc4ccc(C(c5ccc(Cl)cc5)c5ccc(Cl)cc5)cc34)CC2)c1. The minimum Gasteiger partial charge on any atom is -0.371 e. The van der Waals surface area contributed by atoms with E-state index in [-0.39, 0.29) is 12.0 Å². The maximum absolute atomic E-state index is 11.6. The standard InChI is InChI=1S/C33H29Cl2N5O/c34-25-9-4-21(5-10-25)31(22-6-11-26(35)12-7-22)23-8-13-30-29(19-23)33(38-20-37-30)39-27-14-16-40(17-15-27)28-3-1-2-24(18-28)32(36)41/h1-13,18-20,27,31H,14-17H2,(H2,36,41)(H,37,38,39). The fourth-order valence-electron chi connectivity index (χ4n) is 5.59. The maximum atomic E-state index is 11.6. The molecule has 0 bridgehead atoms. The van der Waals surface area contributed by atoms with Crippen molar-refractivity contribution in [3.8, 4) is 0 Å². The Labute approximate surface area is 249 Å². The molecule has 8 heteroatoms. The van der Waals surface area contributed by atoms with E-state index in [4.69, 9.17) is 28.9 Å². The molecule has 6 nitrogen and oxygen atoms in total. The largest absolute Gasteiger partial charge is 0.371 e. The van der Waals surface area contributed by atoms with Crippen LogP contribution in [0.25, 0.3) is 10.9 Å². The summed E-state index contributed by atoms with van der Waals surface area (Å²) < 4.78 is 0. The second kappa shape index (κ2) is 11.8. The molecule has 4 aromatic carbocycles. The highest BCUT2D eigenvalue weighted by Gasteiger charge is 2.22. The van der Waals surface area contributed by atoms with E-state index in [1.54, 1.807) is 12.4 Å². The van der Waals surface area contributed by atoms with Crippen LogP contribution < -0.4 is 16.0 Å². The monoisotopic (exact) mass is 581 g/mol. The predicted molar refractivity (Wildman–Crippen MR) is 167 cm³/mol. The Balaban J connectivity index is 1.27. The van der Waals surface area contributed by atoms with Gasteiger partial charge in [0.25, 0.3) is 0 Å². The number of nitrogens with two attached hydrogens (primary N) is 1. The van der Waals surface area contributed by atoms with Crippen molar-refractivity contribution in [2.24, 2.45) is 5.73 Å². The number of anilines is 2. The Hall–Kier alpha value is -4.13. The number of carbonyl (C=O) groups excluding carboxylic acids is 1. The van der Waals surface area contributed by atoms with Gasteiger partial charge in [0.15, 0.2) is 0 Å². The molecule has 3 N–H and O–H groups in total. The zero-order valence-electron chi connectivity index (χ0n) is 22.3. The van der Waals surface area contributed by atoms with Crippen LogP contribution in [-0.2, 0) is 0 Å². The number of amides is 1. The third-order valence-corrected chi connectivity index (χ3v) is 8.23. The van der Waals surface area contributed by atoms with Crippen LogP contribution in [0.15, 0.2) is 97.3 Å². The van der Waals surface area contributed by atoms with E-state index < -0.39 is 5.91 Å². The highest BCUT2D eigenvalue weighted by atomic mass is 35.5. The van der Waals surface area contributed by atoms with Crippen LogP contribution in [0.2, 0.25) is 10.0 Å². The van der Waals surface area contributed by atoms with Gasteiger partial charge in [-0.3, -0.25) is 4.79 Å². The molecule has 1 saturated heterocycles. The highest BCUT2D eigenvalue weighted by Crippen LogP contribution is 2.36. The molecule has 0 spiro atoms. The molecule has 1 aromatic heterocycles. The molecule has 1 fully saturated rings. The van der Waals surface area contributed by atoms with Gasteiger partial charge >= 0.3 is 0 Å². The normalized spacial score (nSPS) is 14.0. The zero-order chi connectivity index (χ0) is 28.3. The number of rotatable bonds is 7. The summed E-state index contributed by atoms with van der Waals surface area (Å²) in [6.07, 6.45) is 3.49. The summed E-state index contributed by atoms with van der Waals surface area (Å²) in [6.45, 7) is 1.73. The van der Waals surface area contributed by atoms with E-state index in [1.807, 2.05) is 42.5 Å². The number of fused-ring (bicyclic) bond motifs is 1. The molecule has 41 heavy (non-hydrogen) atoms.